The average molecular weight is 225 g/mol. The SMILES string of the molecule is CN(c1csc(C=O)c1)C1CCCC1O. The van der Waals surface area contributed by atoms with Crippen molar-refractivity contribution in [3.05, 3.63) is 16.3 Å². The summed E-state index contributed by atoms with van der Waals surface area (Å²) in [5.74, 6) is 0. The molecule has 1 heterocycles. The first-order valence-electron chi connectivity index (χ1n) is 5.17. The van der Waals surface area contributed by atoms with Crippen LogP contribution in [-0.2, 0) is 0 Å². The summed E-state index contributed by atoms with van der Waals surface area (Å²) in [6.45, 7) is 0. The molecule has 1 fully saturated rings. The fourth-order valence-corrected chi connectivity index (χ4v) is 2.89. The Hall–Kier alpha value is -0.870. The van der Waals surface area contributed by atoms with Crippen molar-refractivity contribution in [2.24, 2.45) is 0 Å². The van der Waals surface area contributed by atoms with Crippen molar-refractivity contribution in [3.63, 3.8) is 0 Å². The lowest BCUT2D eigenvalue weighted by molar-refractivity contribution is 0.112. The lowest BCUT2D eigenvalue weighted by Crippen LogP contribution is -2.37. The van der Waals surface area contributed by atoms with E-state index in [1.54, 1.807) is 0 Å². The van der Waals surface area contributed by atoms with E-state index in [4.69, 9.17) is 0 Å². The molecule has 0 aromatic carbocycles. The van der Waals surface area contributed by atoms with E-state index in [0.717, 1.165) is 36.1 Å². The van der Waals surface area contributed by atoms with E-state index in [-0.39, 0.29) is 12.1 Å². The molecule has 2 rings (SSSR count). The van der Waals surface area contributed by atoms with E-state index < -0.39 is 0 Å². The summed E-state index contributed by atoms with van der Waals surface area (Å²) in [6, 6.07) is 2.09. The van der Waals surface area contributed by atoms with Gasteiger partial charge in [-0.1, -0.05) is 0 Å². The quantitative estimate of drug-likeness (QED) is 0.799. The Morgan fingerprint density at radius 1 is 1.60 bits per heavy atom. The van der Waals surface area contributed by atoms with Gasteiger partial charge >= 0.3 is 0 Å². The summed E-state index contributed by atoms with van der Waals surface area (Å²) in [7, 11) is 1.98. The number of hydrogen-bond acceptors (Lipinski definition) is 4. The number of thiophene rings is 1. The molecule has 0 amide bonds. The molecular formula is C11H15NO2S. The minimum absolute atomic E-state index is 0.208. The highest BCUT2D eigenvalue weighted by Crippen LogP contribution is 2.29. The number of likely N-dealkylation sites (N-methyl/N-ethyl adjacent to an activating group) is 1. The number of carbonyl (C=O) groups excluding carboxylic acids is 1. The van der Waals surface area contributed by atoms with Gasteiger partial charge in [0.05, 0.1) is 17.0 Å². The van der Waals surface area contributed by atoms with Crippen LogP contribution in [0.1, 0.15) is 28.9 Å². The zero-order chi connectivity index (χ0) is 10.8. The van der Waals surface area contributed by atoms with Crippen LogP contribution in [0.3, 0.4) is 0 Å². The van der Waals surface area contributed by atoms with Gasteiger partial charge in [0.1, 0.15) is 0 Å². The van der Waals surface area contributed by atoms with E-state index in [2.05, 4.69) is 4.90 Å². The average Bonchev–Trinajstić information content (AvgIpc) is 2.84. The molecule has 1 aromatic rings. The molecule has 0 spiro atoms. The van der Waals surface area contributed by atoms with Crippen LogP contribution in [-0.4, -0.2) is 30.6 Å². The van der Waals surface area contributed by atoms with Crippen LogP contribution in [0.25, 0.3) is 0 Å². The Morgan fingerprint density at radius 3 is 2.93 bits per heavy atom. The van der Waals surface area contributed by atoms with Crippen molar-refractivity contribution in [2.75, 3.05) is 11.9 Å². The molecule has 2 unspecified atom stereocenters. The number of aldehydes is 1. The molecule has 4 heteroatoms. The molecule has 1 N–H and O–H groups in total. The van der Waals surface area contributed by atoms with Gasteiger partial charge < -0.3 is 10.0 Å². The van der Waals surface area contributed by atoms with Crippen molar-refractivity contribution < 1.29 is 9.90 Å². The van der Waals surface area contributed by atoms with Gasteiger partial charge in [0.15, 0.2) is 6.29 Å². The fraction of sp³-hybridized carbons (Fsp3) is 0.545. The molecule has 1 aliphatic carbocycles. The Bertz CT molecular complexity index is 350. The zero-order valence-electron chi connectivity index (χ0n) is 8.72. The van der Waals surface area contributed by atoms with E-state index in [9.17, 15) is 9.90 Å². The Kier molecular flexibility index (Phi) is 3.07. The van der Waals surface area contributed by atoms with Crippen molar-refractivity contribution in [2.45, 2.75) is 31.4 Å². The van der Waals surface area contributed by atoms with E-state index in [0.29, 0.717) is 0 Å². The normalized spacial score (nSPS) is 25.5. The summed E-state index contributed by atoms with van der Waals surface area (Å²) in [5.41, 5.74) is 1.04. The minimum atomic E-state index is -0.227. The molecule has 1 aliphatic rings. The second-order valence-electron chi connectivity index (χ2n) is 4.00. The Labute approximate surface area is 93.3 Å². The molecule has 82 valence electrons. The van der Waals surface area contributed by atoms with Crippen LogP contribution in [0.2, 0.25) is 0 Å². The number of nitrogens with zero attached hydrogens (tertiary/aromatic N) is 1. The molecule has 0 saturated heterocycles. The molecule has 1 saturated carbocycles. The first-order chi connectivity index (χ1) is 7.22. The van der Waals surface area contributed by atoms with Gasteiger partial charge in [-0.3, -0.25) is 4.79 Å². The van der Waals surface area contributed by atoms with E-state index in [1.807, 2.05) is 18.5 Å². The van der Waals surface area contributed by atoms with Gasteiger partial charge in [0, 0.05) is 18.1 Å². The Balaban J connectivity index is 2.12. The maximum atomic E-state index is 10.6. The highest BCUT2D eigenvalue weighted by atomic mass is 32.1. The lowest BCUT2D eigenvalue weighted by atomic mass is 10.2. The number of rotatable bonds is 3. The molecule has 3 nitrogen and oxygen atoms in total. The summed E-state index contributed by atoms with van der Waals surface area (Å²) >= 11 is 1.45. The zero-order valence-corrected chi connectivity index (χ0v) is 9.54. The van der Waals surface area contributed by atoms with Gasteiger partial charge in [0.2, 0.25) is 0 Å². The second kappa shape index (κ2) is 4.33. The van der Waals surface area contributed by atoms with E-state index in [1.165, 1.54) is 11.3 Å². The predicted molar refractivity (Wildman–Crippen MR) is 61.8 cm³/mol. The van der Waals surface area contributed by atoms with Crippen LogP contribution in [0.5, 0.6) is 0 Å². The monoisotopic (exact) mass is 225 g/mol. The highest BCUT2D eigenvalue weighted by molar-refractivity contribution is 7.12. The number of anilines is 1. The standard InChI is InChI=1S/C11H15NO2S/c1-12(10-3-2-4-11(10)14)8-5-9(6-13)15-7-8/h5-7,10-11,14H,2-4H2,1H3. The minimum Gasteiger partial charge on any atom is -0.391 e. The number of hydrogen-bond donors (Lipinski definition) is 1. The summed E-state index contributed by atoms with van der Waals surface area (Å²) in [5, 5.41) is 11.7. The number of aliphatic hydroxyl groups is 1. The maximum Gasteiger partial charge on any atom is 0.160 e. The summed E-state index contributed by atoms with van der Waals surface area (Å²) in [6.07, 6.45) is 3.65. The Morgan fingerprint density at radius 2 is 2.40 bits per heavy atom. The molecular weight excluding hydrogens is 210 g/mol. The molecule has 2 atom stereocenters. The first-order valence-corrected chi connectivity index (χ1v) is 6.05. The van der Waals surface area contributed by atoms with Crippen molar-refractivity contribution >= 4 is 23.3 Å². The van der Waals surface area contributed by atoms with Gasteiger partial charge in [-0.25, -0.2) is 0 Å². The van der Waals surface area contributed by atoms with Crippen LogP contribution in [0.4, 0.5) is 5.69 Å². The molecule has 0 radical (unpaired) electrons. The van der Waals surface area contributed by atoms with Crippen LogP contribution >= 0.6 is 11.3 Å². The molecule has 1 aromatic heterocycles. The smallest absolute Gasteiger partial charge is 0.160 e. The molecule has 0 aliphatic heterocycles. The van der Waals surface area contributed by atoms with Gasteiger partial charge in [-0.05, 0) is 25.3 Å². The van der Waals surface area contributed by atoms with Gasteiger partial charge in [-0.15, -0.1) is 11.3 Å². The molecule has 15 heavy (non-hydrogen) atoms. The third-order valence-corrected chi connectivity index (χ3v) is 3.92. The lowest BCUT2D eigenvalue weighted by Gasteiger charge is -2.28. The largest absolute Gasteiger partial charge is 0.391 e. The number of aliphatic hydroxyl groups excluding tert-OH is 1. The highest BCUT2D eigenvalue weighted by Gasteiger charge is 2.29. The van der Waals surface area contributed by atoms with Gasteiger partial charge in [0.25, 0.3) is 0 Å². The van der Waals surface area contributed by atoms with E-state index >= 15 is 0 Å². The third kappa shape index (κ3) is 2.06. The number of carbonyl (C=O) groups is 1. The molecule has 0 bridgehead atoms. The fourth-order valence-electron chi connectivity index (χ4n) is 2.15. The van der Waals surface area contributed by atoms with Crippen LogP contribution < -0.4 is 4.90 Å². The van der Waals surface area contributed by atoms with Crippen molar-refractivity contribution in [3.8, 4) is 0 Å². The summed E-state index contributed by atoms with van der Waals surface area (Å²) < 4.78 is 0. The third-order valence-electron chi connectivity index (χ3n) is 3.07. The topological polar surface area (TPSA) is 40.5 Å². The van der Waals surface area contributed by atoms with Crippen LogP contribution in [0.15, 0.2) is 11.4 Å². The van der Waals surface area contributed by atoms with Gasteiger partial charge in [-0.2, -0.15) is 0 Å². The second-order valence-corrected chi connectivity index (χ2v) is 4.94. The van der Waals surface area contributed by atoms with Crippen molar-refractivity contribution in [1.82, 2.24) is 0 Å². The van der Waals surface area contributed by atoms with Crippen molar-refractivity contribution in [1.29, 1.82) is 0 Å². The first kappa shape index (κ1) is 10.6. The summed E-state index contributed by atoms with van der Waals surface area (Å²) in [4.78, 5) is 13.4. The predicted octanol–water partition coefficient (Wildman–Crippen LogP) is 1.91. The maximum absolute atomic E-state index is 10.6. The van der Waals surface area contributed by atoms with Crippen LogP contribution in [0, 0.1) is 0 Å².